The number of aromatic carboxylic acids is 1. The fraction of sp³-hybridized carbons (Fsp3) is 0.188. The first-order chi connectivity index (χ1) is 10.1. The molecule has 0 fully saturated rings. The van der Waals surface area contributed by atoms with E-state index in [1.54, 1.807) is 18.2 Å². The average Bonchev–Trinajstić information content (AvgIpc) is 2.47. The molecular formula is C16H15BrO4. The van der Waals surface area contributed by atoms with Crippen molar-refractivity contribution in [1.29, 1.82) is 0 Å². The minimum absolute atomic E-state index is 0.128. The van der Waals surface area contributed by atoms with Gasteiger partial charge in [0.2, 0.25) is 0 Å². The lowest BCUT2D eigenvalue weighted by Crippen LogP contribution is -2.00. The summed E-state index contributed by atoms with van der Waals surface area (Å²) < 4.78 is 6.37. The summed E-state index contributed by atoms with van der Waals surface area (Å²) >= 11 is 3.35. The van der Waals surface area contributed by atoms with Crippen LogP contribution < -0.4 is 4.74 Å². The van der Waals surface area contributed by atoms with Crippen LogP contribution in [0.3, 0.4) is 0 Å². The van der Waals surface area contributed by atoms with Crippen molar-refractivity contribution in [3.8, 4) is 5.75 Å². The molecular weight excluding hydrogens is 336 g/mol. The van der Waals surface area contributed by atoms with Crippen LogP contribution in [0.5, 0.6) is 5.75 Å². The van der Waals surface area contributed by atoms with Gasteiger partial charge in [-0.1, -0.05) is 34.1 Å². The third-order valence-electron chi connectivity index (χ3n) is 3.02. The van der Waals surface area contributed by atoms with Crippen molar-refractivity contribution in [2.24, 2.45) is 0 Å². The van der Waals surface area contributed by atoms with Gasteiger partial charge in [0.05, 0.1) is 5.56 Å². The van der Waals surface area contributed by atoms with E-state index in [1.165, 1.54) is 0 Å². The molecule has 0 bridgehead atoms. The maximum Gasteiger partial charge on any atom is 0.335 e. The Kier molecular flexibility index (Phi) is 5.36. The molecule has 0 aliphatic heterocycles. The molecule has 0 aliphatic rings. The summed E-state index contributed by atoms with van der Waals surface area (Å²) in [6, 6.07) is 12.4. The summed E-state index contributed by atoms with van der Waals surface area (Å²) in [5.74, 6) is -0.228. The van der Waals surface area contributed by atoms with Crippen molar-refractivity contribution in [3.63, 3.8) is 0 Å². The lowest BCUT2D eigenvalue weighted by atomic mass is 10.1. The summed E-state index contributed by atoms with van der Waals surface area (Å²) in [5.41, 5.74) is 2.16. The third-order valence-corrected chi connectivity index (χ3v) is 3.76. The number of rotatable bonds is 6. The van der Waals surface area contributed by atoms with Crippen molar-refractivity contribution in [1.82, 2.24) is 0 Å². The van der Waals surface area contributed by atoms with Crippen LogP contribution in [0, 0.1) is 0 Å². The SMILES string of the molecule is O=C(O)c1ccc(COc2ccc(CCO)cc2)c(Br)c1. The van der Waals surface area contributed by atoms with Gasteiger partial charge in [0.15, 0.2) is 0 Å². The van der Waals surface area contributed by atoms with Crippen molar-refractivity contribution in [2.75, 3.05) is 6.61 Å². The molecule has 0 spiro atoms. The maximum atomic E-state index is 10.9. The van der Waals surface area contributed by atoms with Crippen LogP contribution in [-0.4, -0.2) is 22.8 Å². The zero-order valence-electron chi connectivity index (χ0n) is 11.3. The maximum absolute atomic E-state index is 10.9. The van der Waals surface area contributed by atoms with E-state index in [9.17, 15) is 4.79 Å². The molecule has 21 heavy (non-hydrogen) atoms. The summed E-state index contributed by atoms with van der Waals surface area (Å²) in [6.07, 6.45) is 0.627. The fourth-order valence-electron chi connectivity index (χ4n) is 1.84. The second-order valence-corrected chi connectivity index (χ2v) is 5.37. The van der Waals surface area contributed by atoms with E-state index in [1.807, 2.05) is 24.3 Å². The number of hydrogen-bond acceptors (Lipinski definition) is 3. The molecule has 0 aromatic heterocycles. The minimum atomic E-state index is -0.956. The molecule has 110 valence electrons. The molecule has 4 nitrogen and oxygen atoms in total. The predicted molar refractivity (Wildman–Crippen MR) is 82.7 cm³/mol. The Balaban J connectivity index is 2.01. The van der Waals surface area contributed by atoms with Crippen LogP contribution in [-0.2, 0) is 13.0 Å². The molecule has 0 saturated carbocycles. The Morgan fingerprint density at radius 3 is 2.43 bits per heavy atom. The van der Waals surface area contributed by atoms with Crippen LogP contribution in [0.25, 0.3) is 0 Å². The van der Waals surface area contributed by atoms with Gasteiger partial charge in [-0.3, -0.25) is 0 Å². The largest absolute Gasteiger partial charge is 0.489 e. The van der Waals surface area contributed by atoms with E-state index in [-0.39, 0.29) is 12.2 Å². The molecule has 0 saturated heterocycles. The molecule has 0 atom stereocenters. The Bertz CT molecular complexity index is 623. The Morgan fingerprint density at radius 2 is 1.86 bits per heavy atom. The van der Waals surface area contributed by atoms with Crippen LogP contribution in [0.1, 0.15) is 21.5 Å². The summed E-state index contributed by atoms with van der Waals surface area (Å²) in [6.45, 7) is 0.475. The second kappa shape index (κ2) is 7.24. The normalized spacial score (nSPS) is 10.4. The quantitative estimate of drug-likeness (QED) is 0.838. The van der Waals surface area contributed by atoms with Gasteiger partial charge in [-0.25, -0.2) is 4.79 Å². The second-order valence-electron chi connectivity index (χ2n) is 4.52. The van der Waals surface area contributed by atoms with Crippen molar-refractivity contribution in [2.45, 2.75) is 13.0 Å². The van der Waals surface area contributed by atoms with E-state index in [0.717, 1.165) is 16.9 Å². The van der Waals surface area contributed by atoms with Gasteiger partial charge in [0.25, 0.3) is 0 Å². The molecule has 2 rings (SSSR count). The van der Waals surface area contributed by atoms with Gasteiger partial charge in [0.1, 0.15) is 12.4 Å². The zero-order chi connectivity index (χ0) is 15.2. The highest BCUT2D eigenvalue weighted by Gasteiger charge is 2.07. The number of carboxylic acids is 1. The number of benzene rings is 2. The fourth-order valence-corrected chi connectivity index (χ4v) is 2.33. The predicted octanol–water partition coefficient (Wildman–Crippen LogP) is 3.26. The van der Waals surface area contributed by atoms with E-state index in [4.69, 9.17) is 14.9 Å². The molecule has 0 aliphatic carbocycles. The number of carboxylic acid groups (broad SMARTS) is 1. The standard InChI is InChI=1S/C16H15BrO4/c17-15-9-12(16(19)20)3-4-13(15)10-21-14-5-1-11(2-6-14)7-8-18/h1-6,9,18H,7-8,10H2,(H,19,20). The van der Waals surface area contributed by atoms with Crippen molar-refractivity contribution >= 4 is 21.9 Å². The molecule has 0 unspecified atom stereocenters. The van der Waals surface area contributed by atoms with Crippen LogP contribution in [0.2, 0.25) is 0 Å². The summed E-state index contributed by atoms with van der Waals surface area (Å²) in [7, 11) is 0. The van der Waals surface area contributed by atoms with Crippen LogP contribution in [0.4, 0.5) is 0 Å². The number of ether oxygens (including phenoxy) is 1. The number of hydrogen-bond donors (Lipinski definition) is 2. The lowest BCUT2D eigenvalue weighted by Gasteiger charge is -2.09. The van der Waals surface area contributed by atoms with E-state index < -0.39 is 5.97 Å². The van der Waals surface area contributed by atoms with Gasteiger partial charge in [0, 0.05) is 16.6 Å². The Morgan fingerprint density at radius 1 is 1.14 bits per heavy atom. The summed E-state index contributed by atoms with van der Waals surface area (Å²) in [4.78, 5) is 10.9. The van der Waals surface area contributed by atoms with Gasteiger partial charge >= 0.3 is 5.97 Å². The first-order valence-corrected chi connectivity index (χ1v) is 7.24. The van der Waals surface area contributed by atoms with E-state index in [0.29, 0.717) is 17.5 Å². The molecule has 0 radical (unpaired) electrons. The highest BCUT2D eigenvalue weighted by atomic mass is 79.9. The highest BCUT2D eigenvalue weighted by molar-refractivity contribution is 9.10. The lowest BCUT2D eigenvalue weighted by molar-refractivity contribution is 0.0696. The van der Waals surface area contributed by atoms with Gasteiger partial charge in [-0.2, -0.15) is 0 Å². The number of aliphatic hydroxyl groups excluding tert-OH is 1. The first-order valence-electron chi connectivity index (χ1n) is 6.44. The number of carbonyl (C=O) groups is 1. The third kappa shape index (κ3) is 4.31. The zero-order valence-corrected chi connectivity index (χ0v) is 12.8. The monoisotopic (exact) mass is 350 g/mol. The molecule has 2 aromatic carbocycles. The van der Waals surface area contributed by atoms with E-state index >= 15 is 0 Å². The average molecular weight is 351 g/mol. The van der Waals surface area contributed by atoms with Gasteiger partial charge < -0.3 is 14.9 Å². The topological polar surface area (TPSA) is 66.8 Å². The van der Waals surface area contributed by atoms with Crippen LogP contribution >= 0.6 is 15.9 Å². The van der Waals surface area contributed by atoms with E-state index in [2.05, 4.69) is 15.9 Å². The molecule has 5 heteroatoms. The van der Waals surface area contributed by atoms with Gasteiger partial charge in [-0.05, 0) is 36.2 Å². The highest BCUT2D eigenvalue weighted by Crippen LogP contribution is 2.21. The first kappa shape index (κ1) is 15.5. The van der Waals surface area contributed by atoms with Crippen molar-refractivity contribution in [3.05, 3.63) is 63.6 Å². The minimum Gasteiger partial charge on any atom is -0.489 e. The Hall–Kier alpha value is -1.85. The molecule has 0 heterocycles. The number of aliphatic hydroxyl groups is 1. The molecule has 0 amide bonds. The molecule has 2 aromatic rings. The van der Waals surface area contributed by atoms with Crippen molar-refractivity contribution < 1.29 is 19.7 Å². The van der Waals surface area contributed by atoms with Gasteiger partial charge in [-0.15, -0.1) is 0 Å². The van der Waals surface area contributed by atoms with Crippen LogP contribution in [0.15, 0.2) is 46.9 Å². The number of halogens is 1. The smallest absolute Gasteiger partial charge is 0.335 e. The summed E-state index contributed by atoms with van der Waals surface area (Å²) in [5, 5.41) is 17.8. The Labute approximate surface area is 131 Å². The molecule has 2 N–H and O–H groups in total.